The van der Waals surface area contributed by atoms with Gasteiger partial charge in [-0.1, -0.05) is 54.1 Å². The van der Waals surface area contributed by atoms with Crippen LogP contribution in [0.5, 0.6) is 0 Å². The van der Waals surface area contributed by atoms with Gasteiger partial charge in [-0.2, -0.15) is 0 Å². The lowest BCUT2D eigenvalue weighted by molar-refractivity contribution is 0.0802. The summed E-state index contributed by atoms with van der Waals surface area (Å²) in [5.41, 5.74) is 2.33. The number of ketones is 2. The van der Waals surface area contributed by atoms with Crippen LogP contribution >= 0.6 is 11.6 Å². The molecule has 3 aromatic rings. The topological polar surface area (TPSA) is 84.3 Å². The Kier molecular flexibility index (Phi) is 4.87. The molecule has 32 heavy (non-hydrogen) atoms. The lowest BCUT2D eigenvalue weighted by Gasteiger charge is -2.28. The minimum Gasteiger partial charge on any atom is -0.295 e. The molecule has 1 heterocycles. The highest BCUT2D eigenvalue weighted by Gasteiger charge is 2.40. The third-order valence-electron chi connectivity index (χ3n) is 5.81. The molecule has 0 spiro atoms. The van der Waals surface area contributed by atoms with Crippen molar-refractivity contribution >= 4 is 35.1 Å². The first-order chi connectivity index (χ1) is 15.5. The standard InChI is InChI=1S/C25H18ClN3O3/c1-14-20(25(32)29(28-14)16-7-4-6-15(26)12-16)13-27-21-11-5-10-19-22(21)24(31)18-9-3-2-8-17(18)23(19)30/h2-13,17-18,28H,1H3. The van der Waals surface area contributed by atoms with Crippen LogP contribution < -0.4 is 5.56 Å². The van der Waals surface area contributed by atoms with Crippen molar-refractivity contribution in [1.29, 1.82) is 0 Å². The highest BCUT2D eigenvalue weighted by atomic mass is 35.5. The van der Waals surface area contributed by atoms with Crippen LogP contribution in [0.2, 0.25) is 5.02 Å². The van der Waals surface area contributed by atoms with Crippen LogP contribution in [0.3, 0.4) is 0 Å². The van der Waals surface area contributed by atoms with Gasteiger partial charge < -0.3 is 0 Å². The van der Waals surface area contributed by atoms with Crippen molar-refractivity contribution in [3.8, 4) is 5.69 Å². The van der Waals surface area contributed by atoms with E-state index in [0.717, 1.165) is 0 Å². The van der Waals surface area contributed by atoms with Crippen LogP contribution in [0.15, 0.2) is 76.6 Å². The molecule has 0 radical (unpaired) electrons. The van der Waals surface area contributed by atoms with E-state index in [0.29, 0.717) is 38.8 Å². The van der Waals surface area contributed by atoms with Gasteiger partial charge in [0.2, 0.25) is 0 Å². The first kappa shape index (κ1) is 20.2. The summed E-state index contributed by atoms with van der Waals surface area (Å²) in [7, 11) is 0. The van der Waals surface area contributed by atoms with Crippen LogP contribution in [-0.2, 0) is 0 Å². The molecule has 0 amide bonds. The van der Waals surface area contributed by atoms with Crippen LogP contribution in [0, 0.1) is 18.8 Å². The molecule has 0 saturated carbocycles. The Balaban J connectivity index is 1.56. The predicted octanol–water partition coefficient (Wildman–Crippen LogP) is 4.62. The molecule has 1 aromatic heterocycles. The molecule has 0 fully saturated rings. The average Bonchev–Trinajstić information content (AvgIpc) is 3.09. The summed E-state index contributed by atoms with van der Waals surface area (Å²) >= 11 is 6.05. The Labute approximate surface area is 188 Å². The minimum absolute atomic E-state index is 0.0941. The highest BCUT2D eigenvalue weighted by molar-refractivity contribution is 6.30. The number of aromatic amines is 1. The summed E-state index contributed by atoms with van der Waals surface area (Å²) < 4.78 is 1.39. The van der Waals surface area contributed by atoms with Gasteiger partial charge in [-0.3, -0.25) is 24.5 Å². The van der Waals surface area contributed by atoms with E-state index >= 15 is 0 Å². The Morgan fingerprint density at radius 2 is 1.72 bits per heavy atom. The van der Waals surface area contributed by atoms with Crippen molar-refractivity contribution in [3.63, 3.8) is 0 Å². The Bertz CT molecular complexity index is 1420. The van der Waals surface area contributed by atoms with E-state index in [1.807, 2.05) is 0 Å². The van der Waals surface area contributed by atoms with Crippen LogP contribution in [0.4, 0.5) is 5.69 Å². The van der Waals surface area contributed by atoms with Gasteiger partial charge in [-0.15, -0.1) is 0 Å². The number of rotatable bonds is 3. The molecule has 2 unspecified atom stereocenters. The monoisotopic (exact) mass is 443 g/mol. The number of hydrogen-bond donors (Lipinski definition) is 1. The molecule has 0 bridgehead atoms. The second-order valence-corrected chi connectivity index (χ2v) is 8.22. The fourth-order valence-electron chi connectivity index (χ4n) is 4.21. The predicted molar refractivity (Wildman–Crippen MR) is 124 cm³/mol. The third-order valence-corrected chi connectivity index (χ3v) is 6.05. The molecule has 0 aliphatic heterocycles. The summed E-state index contributed by atoms with van der Waals surface area (Å²) in [6.07, 6.45) is 8.54. The zero-order valence-electron chi connectivity index (χ0n) is 17.1. The van der Waals surface area contributed by atoms with E-state index in [2.05, 4.69) is 10.1 Å². The van der Waals surface area contributed by atoms with Gasteiger partial charge in [0.15, 0.2) is 11.6 Å². The smallest absolute Gasteiger partial charge is 0.280 e. The molecule has 1 N–H and O–H groups in total. The number of carbonyl (C=O) groups is 2. The number of Topliss-reactive ketones (excluding diaryl/α,β-unsaturated/α-hetero) is 2. The molecular weight excluding hydrogens is 426 g/mol. The zero-order chi connectivity index (χ0) is 22.4. The first-order valence-corrected chi connectivity index (χ1v) is 10.5. The molecule has 2 aliphatic carbocycles. The van der Waals surface area contributed by atoms with E-state index in [-0.39, 0.29) is 17.1 Å². The average molecular weight is 444 g/mol. The third kappa shape index (κ3) is 3.20. The lowest BCUT2D eigenvalue weighted by Crippen LogP contribution is -2.35. The number of hydrogen-bond acceptors (Lipinski definition) is 4. The molecule has 2 aliphatic rings. The largest absolute Gasteiger partial charge is 0.295 e. The molecule has 6 nitrogen and oxygen atoms in total. The highest BCUT2D eigenvalue weighted by Crippen LogP contribution is 2.38. The summed E-state index contributed by atoms with van der Waals surface area (Å²) in [4.78, 5) is 43.6. The number of allylic oxidation sites excluding steroid dienone is 4. The molecule has 2 aromatic carbocycles. The number of nitrogens with zero attached hydrogens (tertiary/aromatic N) is 2. The van der Waals surface area contributed by atoms with E-state index < -0.39 is 11.8 Å². The maximum atomic E-state index is 13.2. The van der Waals surface area contributed by atoms with Crippen molar-refractivity contribution in [1.82, 2.24) is 9.78 Å². The molecule has 7 heteroatoms. The second-order valence-electron chi connectivity index (χ2n) is 7.78. The Hall–Kier alpha value is -3.77. The van der Waals surface area contributed by atoms with Crippen LogP contribution in [0.1, 0.15) is 32.0 Å². The van der Waals surface area contributed by atoms with Gasteiger partial charge in [0, 0.05) is 22.5 Å². The van der Waals surface area contributed by atoms with Gasteiger partial charge in [0.1, 0.15) is 0 Å². The van der Waals surface area contributed by atoms with E-state index in [1.54, 1.807) is 73.7 Å². The number of carbonyl (C=O) groups excluding carboxylic acids is 2. The van der Waals surface area contributed by atoms with Crippen LogP contribution in [0.25, 0.3) is 5.69 Å². The number of aliphatic imine (C=N–C) groups is 1. The van der Waals surface area contributed by atoms with Gasteiger partial charge >= 0.3 is 0 Å². The van der Waals surface area contributed by atoms with Crippen molar-refractivity contribution in [3.05, 3.63) is 105 Å². The number of H-pyrrole nitrogens is 1. The normalized spacial score (nSPS) is 19.4. The van der Waals surface area contributed by atoms with Gasteiger partial charge in [0.05, 0.1) is 34.3 Å². The zero-order valence-corrected chi connectivity index (χ0v) is 17.8. The van der Waals surface area contributed by atoms with Crippen molar-refractivity contribution < 1.29 is 9.59 Å². The van der Waals surface area contributed by atoms with Crippen LogP contribution in [-0.4, -0.2) is 27.6 Å². The fraction of sp³-hybridized carbons (Fsp3) is 0.120. The molecule has 5 rings (SSSR count). The van der Waals surface area contributed by atoms with E-state index in [9.17, 15) is 14.4 Å². The number of fused-ring (bicyclic) bond motifs is 2. The number of nitrogens with one attached hydrogen (secondary N) is 1. The number of aryl methyl sites for hydroxylation is 1. The maximum Gasteiger partial charge on any atom is 0.280 e. The Morgan fingerprint density at radius 3 is 2.47 bits per heavy atom. The first-order valence-electron chi connectivity index (χ1n) is 10.1. The molecule has 0 saturated heterocycles. The lowest BCUT2D eigenvalue weighted by atomic mass is 9.72. The summed E-state index contributed by atoms with van der Waals surface area (Å²) in [6.45, 7) is 1.77. The number of halogens is 1. The summed E-state index contributed by atoms with van der Waals surface area (Å²) in [6, 6.07) is 12.0. The quantitative estimate of drug-likeness (QED) is 0.599. The Morgan fingerprint density at radius 1 is 1.00 bits per heavy atom. The fourth-order valence-corrected chi connectivity index (χ4v) is 4.39. The molecule has 2 atom stereocenters. The van der Waals surface area contributed by atoms with E-state index in [4.69, 9.17) is 11.6 Å². The number of aromatic nitrogens is 2. The number of benzene rings is 2. The van der Waals surface area contributed by atoms with Crippen molar-refractivity contribution in [2.24, 2.45) is 16.8 Å². The van der Waals surface area contributed by atoms with Gasteiger partial charge in [-0.05, 0) is 31.2 Å². The maximum absolute atomic E-state index is 13.2. The SMILES string of the molecule is Cc1[nH]n(-c2cccc(Cl)c2)c(=O)c1C=Nc1cccc2c1C(=O)C1C=CC=CC1C2=O. The van der Waals surface area contributed by atoms with Crippen molar-refractivity contribution in [2.75, 3.05) is 0 Å². The van der Waals surface area contributed by atoms with Gasteiger partial charge in [-0.25, -0.2) is 4.68 Å². The summed E-state index contributed by atoms with van der Waals surface area (Å²) in [5.74, 6) is -1.23. The second kappa shape index (κ2) is 7.73. The van der Waals surface area contributed by atoms with Gasteiger partial charge in [0.25, 0.3) is 5.56 Å². The summed E-state index contributed by atoms with van der Waals surface area (Å²) in [5, 5.41) is 3.54. The minimum atomic E-state index is -0.523. The molecule has 158 valence electrons. The van der Waals surface area contributed by atoms with E-state index in [1.165, 1.54) is 10.9 Å². The van der Waals surface area contributed by atoms with Crippen molar-refractivity contribution in [2.45, 2.75) is 6.92 Å². The molecular formula is C25H18ClN3O3.